The highest BCUT2D eigenvalue weighted by Crippen LogP contribution is 2.22. The van der Waals surface area contributed by atoms with E-state index in [1.807, 2.05) is 66.1 Å². The second-order valence-electron chi connectivity index (χ2n) is 9.42. The predicted octanol–water partition coefficient (Wildman–Crippen LogP) is 2.08. The van der Waals surface area contributed by atoms with Crippen LogP contribution >= 0.6 is 0 Å². The summed E-state index contributed by atoms with van der Waals surface area (Å²) in [6, 6.07) is 17.0. The lowest BCUT2D eigenvalue weighted by Gasteiger charge is -2.28. The Bertz CT molecular complexity index is 1870. The molecular weight excluding hydrogens is 492 g/mol. The van der Waals surface area contributed by atoms with Gasteiger partial charge < -0.3 is 10.2 Å². The zero-order valence-electron chi connectivity index (χ0n) is 21.9. The molecule has 0 amide bonds. The van der Waals surface area contributed by atoms with Gasteiger partial charge in [0.25, 0.3) is 5.56 Å². The average molecular weight is 521 g/mol. The van der Waals surface area contributed by atoms with E-state index in [1.165, 1.54) is 9.13 Å². The summed E-state index contributed by atoms with van der Waals surface area (Å²) < 4.78 is 4.55. The molecule has 10 nitrogen and oxygen atoms in total. The summed E-state index contributed by atoms with van der Waals surface area (Å²) >= 11 is 0. The first-order valence-corrected chi connectivity index (χ1v) is 13.0. The molecule has 1 N–H and O–H groups in total. The molecule has 1 aliphatic rings. The third-order valence-electron chi connectivity index (χ3n) is 6.98. The van der Waals surface area contributed by atoms with Crippen molar-refractivity contribution >= 4 is 28.0 Å². The lowest BCUT2D eigenvalue weighted by atomic mass is 10.2. The van der Waals surface area contributed by atoms with E-state index in [9.17, 15) is 9.59 Å². The first kappa shape index (κ1) is 24.6. The van der Waals surface area contributed by atoms with Crippen molar-refractivity contribution in [3.8, 4) is 17.5 Å². The topological polar surface area (TPSA) is 103 Å². The summed E-state index contributed by atoms with van der Waals surface area (Å²) in [6.07, 6.45) is 0. The second-order valence-corrected chi connectivity index (χ2v) is 9.42. The summed E-state index contributed by atoms with van der Waals surface area (Å²) in [4.78, 5) is 44.5. The quantitative estimate of drug-likeness (QED) is 0.354. The van der Waals surface area contributed by atoms with Gasteiger partial charge in [0.2, 0.25) is 5.95 Å². The number of anilines is 1. The van der Waals surface area contributed by atoms with Crippen LogP contribution in [-0.2, 0) is 13.1 Å². The van der Waals surface area contributed by atoms with Gasteiger partial charge in [-0.3, -0.25) is 13.9 Å². The summed E-state index contributed by atoms with van der Waals surface area (Å²) in [5.41, 5.74) is 1.88. The fraction of sp³-hybridized carbons (Fsp3) is 0.276. The van der Waals surface area contributed by atoms with Crippen LogP contribution < -0.4 is 21.5 Å². The van der Waals surface area contributed by atoms with Crippen LogP contribution in [0.4, 0.5) is 5.95 Å². The lowest BCUT2D eigenvalue weighted by Crippen LogP contribution is -2.44. The number of rotatable bonds is 5. The number of aromatic nitrogens is 6. The van der Waals surface area contributed by atoms with E-state index in [2.05, 4.69) is 32.0 Å². The standard InChI is InChI=1S/C29H28N8O2/c1-3-4-16-35-25-26(33-28(35)34-17-14-30-15-18-34)37(21-10-6-5-7-11-21)29(39)36(27(25)38)19-24-31-20(2)22-12-8-9-13-23(22)32-24/h5-13,30H,14-19H2,1-2H3. The molecule has 196 valence electrons. The predicted molar refractivity (Wildman–Crippen MR) is 151 cm³/mol. The van der Waals surface area contributed by atoms with Gasteiger partial charge in [0.1, 0.15) is 5.82 Å². The minimum Gasteiger partial charge on any atom is -0.340 e. The van der Waals surface area contributed by atoms with Gasteiger partial charge in [-0.05, 0) is 32.0 Å². The van der Waals surface area contributed by atoms with Crippen molar-refractivity contribution in [2.75, 3.05) is 31.1 Å². The number of hydrogen-bond donors (Lipinski definition) is 1. The Morgan fingerprint density at radius 3 is 2.44 bits per heavy atom. The van der Waals surface area contributed by atoms with E-state index in [1.54, 1.807) is 6.92 Å². The van der Waals surface area contributed by atoms with Gasteiger partial charge in [-0.1, -0.05) is 42.3 Å². The molecule has 0 aliphatic carbocycles. The number of imidazole rings is 1. The molecule has 1 saturated heterocycles. The molecule has 0 atom stereocenters. The van der Waals surface area contributed by atoms with Crippen LogP contribution in [0.25, 0.3) is 27.8 Å². The molecule has 0 radical (unpaired) electrons. The number of fused-ring (bicyclic) bond motifs is 2. The average Bonchev–Trinajstić information content (AvgIpc) is 3.34. The van der Waals surface area contributed by atoms with Crippen LogP contribution in [0.1, 0.15) is 18.4 Å². The van der Waals surface area contributed by atoms with E-state index < -0.39 is 11.2 Å². The largest absolute Gasteiger partial charge is 0.340 e. The molecule has 0 saturated carbocycles. The highest BCUT2D eigenvalue weighted by Gasteiger charge is 2.26. The first-order valence-electron chi connectivity index (χ1n) is 13.0. The Labute approximate surface area is 224 Å². The molecule has 5 aromatic rings. The Morgan fingerprint density at radius 1 is 0.923 bits per heavy atom. The summed E-state index contributed by atoms with van der Waals surface area (Å²) in [5, 5.41) is 4.28. The Kier molecular flexibility index (Phi) is 6.42. The third kappa shape index (κ3) is 4.36. The fourth-order valence-electron chi connectivity index (χ4n) is 5.09. The monoisotopic (exact) mass is 520 g/mol. The zero-order valence-corrected chi connectivity index (χ0v) is 21.9. The van der Waals surface area contributed by atoms with Crippen molar-refractivity contribution in [3.05, 3.63) is 87.0 Å². The van der Waals surface area contributed by atoms with Crippen molar-refractivity contribution in [2.24, 2.45) is 0 Å². The minimum absolute atomic E-state index is 0.0697. The van der Waals surface area contributed by atoms with Gasteiger partial charge in [-0.15, -0.1) is 5.92 Å². The molecule has 3 aromatic heterocycles. The normalized spacial score (nSPS) is 13.5. The van der Waals surface area contributed by atoms with E-state index in [0.29, 0.717) is 28.6 Å². The Morgan fingerprint density at radius 2 is 1.67 bits per heavy atom. The summed E-state index contributed by atoms with van der Waals surface area (Å²) in [5.74, 6) is 7.04. The molecule has 2 aromatic carbocycles. The molecule has 0 spiro atoms. The highest BCUT2D eigenvalue weighted by atomic mass is 16.2. The number of benzene rings is 2. The number of aryl methyl sites for hydroxylation is 1. The number of piperazine rings is 1. The Balaban J connectivity index is 1.63. The van der Waals surface area contributed by atoms with Gasteiger partial charge >= 0.3 is 5.69 Å². The van der Waals surface area contributed by atoms with Gasteiger partial charge in [-0.25, -0.2) is 19.3 Å². The molecule has 10 heteroatoms. The van der Waals surface area contributed by atoms with Gasteiger partial charge in [0.05, 0.1) is 24.3 Å². The van der Waals surface area contributed by atoms with E-state index >= 15 is 0 Å². The van der Waals surface area contributed by atoms with Crippen molar-refractivity contribution in [2.45, 2.75) is 26.9 Å². The molecule has 6 rings (SSSR count). The third-order valence-corrected chi connectivity index (χ3v) is 6.98. The van der Waals surface area contributed by atoms with Crippen LogP contribution in [-0.4, -0.2) is 54.8 Å². The van der Waals surface area contributed by atoms with Crippen LogP contribution in [0.2, 0.25) is 0 Å². The van der Waals surface area contributed by atoms with Crippen molar-refractivity contribution in [1.29, 1.82) is 0 Å². The fourth-order valence-corrected chi connectivity index (χ4v) is 5.09. The zero-order chi connectivity index (χ0) is 26.9. The Hall–Kier alpha value is -4.75. The summed E-state index contributed by atoms with van der Waals surface area (Å²) in [6.45, 7) is 6.95. The molecular formula is C29H28N8O2. The number of hydrogen-bond acceptors (Lipinski definition) is 7. The molecule has 0 bridgehead atoms. The minimum atomic E-state index is -0.494. The van der Waals surface area contributed by atoms with E-state index in [-0.39, 0.29) is 13.1 Å². The number of nitrogens with one attached hydrogen (secondary N) is 1. The van der Waals surface area contributed by atoms with E-state index in [4.69, 9.17) is 4.98 Å². The van der Waals surface area contributed by atoms with Crippen molar-refractivity contribution in [1.82, 2.24) is 34.0 Å². The van der Waals surface area contributed by atoms with Gasteiger partial charge in [0.15, 0.2) is 11.2 Å². The van der Waals surface area contributed by atoms with Gasteiger partial charge in [0, 0.05) is 37.3 Å². The van der Waals surface area contributed by atoms with Crippen molar-refractivity contribution < 1.29 is 0 Å². The maximum Gasteiger partial charge on any atom is 0.337 e. The smallest absolute Gasteiger partial charge is 0.337 e. The first-order chi connectivity index (χ1) is 19.1. The van der Waals surface area contributed by atoms with Crippen LogP contribution in [0.5, 0.6) is 0 Å². The van der Waals surface area contributed by atoms with E-state index in [0.717, 1.165) is 42.8 Å². The van der Waals surface area contributed by atoms with Crippen LogP contribution in [0, 0.1) is 18.8 Å². The molecule has 4 heterocycles. The maximum absolute atomic E-state index is 14.1. The molecule has 1 aliphatic heterocycles. The lowest BCUT2D eigenvalue weighted by molar-refractivity contribution is 0.572. The van der Waals surface area contributed by atoms with Crippen LogP contribution in [0.3, 0.4) is 0 Å². The molecule has 1 fully saturated rings. The SMILES string of the molecule is CC#CCn1c(N2CCNCC2)nc2c1c(=O)n(Cc1nc(C)c3ccccc3n1)c(=O)n2-c1ccccc1. The molecule has 39 heavy (non-hydrogen) atoms. The number of nitrogens with zero attached hydrogens (tertiary/aromatic N) is 7. The summed E-state index contributed by atoms with van der Waals surface area (Å²) in [7, 11) is 0. The van der Waals surface area contributed by atoms with Crippen LogP contribution in [0.15, 0.2) is 64.2 Å². The second kappa shape index (κ2) is 10.2. The highest BCUT2D eigenvalue weighted by molar-refractivity contribution is 5.80. The maximum atomic E-state index is 14.1. The number of para-hydroxylation sites is 2. The molecule has 0 unspecified atom stereocenters. The van der Waals surface area contributed by atoms with Crippen molar-refractivity contribution in [3.63, 3.8) is 0 Å². The van der Waals surface area contributed by atoms with Gasteiger partial charge in [-0.2, -0.15) is 4.98 Å².